The van der Waals surface area contributed by atoms with Crippen LogP contribution in [0.1, 0.15) is 22.8 Å². The van der Waals surface area contributed by atoms with E-state index in [1.165, 1.54) is 48.5 Å². The summed E-state index contributed by atoms with van der Waals surface area (Å²) in [6.45, 7) is -0.00337. The summed E-state index contributed by atoms with van der Waals surface area (Å²) in [7, 11) is -3.31. The third kappa shape index (κ3) is 6.37. The molecule has 0 unspecified atom stereocenters. The summed E-state index contributed by atoms with van der Waals surface area (Å²) >= 11 is 0. The zero-order valence-corrected chi connectivity index (χ0v) is 15.2. The molecule has 27 heavy (non-hydrogen) atoms. The molecule has 0 radical (unpaired) electrons. The summed E-state index contributed by atoms with van der Waals surface area (Å²) in [6.07, 6.45) is -4.38. The van der Waals surface area contributed by atoms with Crippen LogP contribution in [-0.4, -0.2) is 32.9 Å². The maximum atomic E-state index is 12.2. The third-order valence-electron chi connectivity index (χ3n) is 3.60. The van der Waals surface area contributed by atoms with Crippen molar-refractivity contribution in [1.29, 1.82) is 0 Å². The average molecular weight is 401 g/mol. The Labute approximate surface area is 155 Å². The Kier molecular flexibility index (Phi) is 6.61. The topological polar surface area (TPSA) is 72.5 Å². The van der Waals surface area contributed by atoms with E-state index in [2.05, 4.69) is 10.1 Å². The van der Waals surface area contributed by atoms with Gasteiger partial charge >= 0.3 is 6.18 Å². The molecule has 9 heteroatoms. The van der Waals surface area contributed by atoms with E-state index in [0.29, 0.717) is 16.8 Å². The molecule has 2 aromatic carbocycles. The molecule has 0 spiro atoms. The summed E-state index contributed by atoms with van der Waals surface area (Å²) in [4.78, 5) is 12.4. The van der Waals surface area contributed by atoms with Gasteiger partial charge in [0.25, 0.3) is 5.91 Å². The van der Waals surface area contributed by atoms with E-state index < -0.39 is 28.5 Å². The summed E-state index contributed by atoms with van der Waals surface area (Å²) in [5, 5.41) is 2.62. The normalized spacial score (nSPS) is 12.0. The lowest BCUT2D eigenvalue weighted by Gasteiger charge is -2.09. The van der Waals surface area contributed by atoms with E-state index in [1.54, 1.807) is 6.92 Å². The number of ether oxygens (including phenoxy) is 1. The van der Waals surface area contributed by atoms with Crippen LogP contribution < -0.4 is 5.32 Å². The second kappa shape index (κ2) is 8.53. The summed E-state index contributed by atoms with van der Waals surface area (Å²) in [5.41, 5.74) is 1.23. The van der Waals surface area contributed by atoms with E-state index in [9.17, 15) is 26.4 Å². The molecule has 1 amide bonds. The summed E-state index contributed by atoms with van der Waals surface area (Å²) in [5.74, 6) is -0.443. The molecule has 0 aliphatic heterocycles. The Morgan fingerprint density at radius 2 is 1.63 bits per heavy atom. The molecular formula is C18H18F3NO4S. The third-order valence-corrected chi connectivity index (χ3v) is 5.35. The van der Waals surface area contributed by atoms with Crippen LogP contribution >= 0.6 is 0 Å². The van der Waals surface area contributed by atoms with Gasteiger partial charge in [-0.2, -0.15) is 13.2 Å². The second-order valence-electron chi connectivity index (χ2n) is 5.69. The number of amides is 1. The fraction of sp³-hybridized carbons (Fsp3) is 0.278. The fourth-order valence-corrected chi connectivity index (χ4v) is 3.04. The first-order valence-electron chi connectivity index (χ1n) is 7.98. The maximum Gasteiger partial charge on any atom is 0.411 e. The predicted molar refractivity (Wildman–Crippen MR) is 94.3 cm³/mol. The molecule has 0 saturated carbocycles. The highest BCUT2D eigenvalue weighted by Crippen LogP contribution is 2.17. The van der Waals surface area contributed by atoms with E-state index >= 15 is 0 Å². The summed E-state index contributed by atoms with van der Waals surface area (Å²) in [6, 6.07) is 11.7. The Hall–Kier alpha value is -2.39. The van der Waals surface area contributed by atoms with Gasteiger partial charge in [-0.3, -0.25) is 4.79 Å². The van der Waals surface area contributed by atoms with Crippen LogP contribution in [0.15, 0.2) is 53.4 Å². The molecule has 0 aromatic heterocycles. The van der Waals surface area contributed by atoms with Crippen molar-refractivity contribution >= 4 is 21.4 Å². The number of carbonyl (C=O) groups excluding carboxylic acids is 1. The summed E-state index contributed by atoms with van der Waals surface area (Å²) < 4.78 is 64.2. The Morgan fingerprint density at radius 1 is 1.04 bits per heavy atom. The van der Waals surface area contributed by atoms with Crippen LogP contribution in [0.25, 0.3) is 0 Å². The van der Waals surface area contributed by atoms with Crippen LogP contribution in [0.2, 0.25) is 0 Å². The molecule has 2 rings (SSSR count). The molecule has 146 valence electrons. The van der Waals surface area contributed by atoms with Gasteiger partial charge in [0.05, 0.1) is 17.3 Å². The van der Waals surface area contributed by atoms with Crippen LogP contribution in [0.4, 0.5) is 18.9 Å². The SMILES string of the molecule is CCS(=O)(=O)c1ccc(NC(=O)c2ccc(COCC(F)(F)F)cc2)cc1. The fourth-order valence-electron chi connectivity index (χ4n) is 2.15. The minimum atomic E-state index is -4.38. The van der Waals surface area contributed by atoms with Crippen molar-refractivity contribution in [3.63, 3.8) is 0 Å². The highest BCUT2D eigenvalue weighted by atomic mass is 32.2. The van der Waals surface area contributed by atoms with Gasteiger partial charge in [-0.25, -0.2) is 8.42 Å². The van der Waals surface area contributed by atoms with Gasteiger partial charge in [-0.15, -0.1) is 0 Å². The highest BCUT2D eigenvalue weighted by Gasteiger charge is 2.27. The second-order valence-corrected chi connectivity index (χ2v) is 7.97. The van der Waals surface area contributed by atoms with Crippen LogP contribution in [-0.2, 0) is 21.2 Å². The molecule has 5 nitrogen and oxygen atoms in total. The number of alkyl halides is 3. The number of benzene rings is 2. The number of sulfone groups is 1. The maximum absolute atomic E-state index is 12.2. The molecule has 2 aromatic rings. The Balaban J connectivity index is 1.96. The number of carbonyl (C=O) groups is 1. The lowest BCUT2D eigenvalue weighted by Crippen LogP contribution is -2.16. The zero-order chi connectivity index (χ0) is 20.1. The standard InChI is InChI=1S/C18H18F3NO4S/c1-2-27(24,25)16-9-7-15(8-10-16)22-17(23)14-5-3-13(4-6-14)11-26-12-18(19,20)21/h3-10H,2,11-12H2,1H3,(H,22,23). The molecular weight excluding hydrogens is 383 g/mol. The number of halogens is 3. The molecule has 0 aliphatic rings. The number of nitrogens with one attached hydrogen (secondary N) is 1. The van der Waals surface area contributed by atoms with Crippen LogP contribution in [0, 0.1) is 0 Å². The van der Waals surface area contributed by atoms with Gasteiger partial charge in [-0.1, -0.05) is 19.1 Å². The minimum Gasteiger partial charge on any atom is -0.367 e. The molecule has 0 atom stereocenters. The first-order chi connectivity index (χ1) is 12.6. The minimum absolute atomic E-state index is 0.0161. The molecule has 0 heterocycles. The van der Waals surface area contributed by atoms with Gasteiger partial charge in [0.15, 0.2) is 9.84 Å². The Bertz CT molecular complexity index is 876. The molecule has 0 aliphatic carbocycles. The van der Waals surface area contributed by atoms with Gasteiger partial charge in [0.2, 0.25) is 0 Å². The average Bonchev–Trinajstić information content (AvgIpc) is 2.61. The van der Waals surface area contributed by atoms with Crippen LogP contribution in [0.5, 0.6) is 0 Å². The Morgan fingerprint density at radius 3 is 2.15 bits per heavy atom. The number of hydrogen-bond acceptors (Lipinski definition) is 4. The van der Waals surface area contributed by atoms with Crippen molar-refractivity contribution < 1.29 is 31.1 Å². The molecule has 1 N–H and O–H groups in total. The molecule has 0 bridgehead atoms. The van der Waals surface area contributed by atoms with E-state index in [1.807, 2.05) is 0 Å². The number of hydrogen-bond donors (Lipinski definition) is 1. The smallest absolute Gasteiger partial charge is 0.367 e. The predicted octanol–water partition coefficient (Wildman–Crippen LogP) is 3.81. The number of rotatable bonds is 7. The van der Waals surface area contributed by atoms with Crippen molar-refractivity contribution in [2.45, 2.75) is 24.6 Å². The monoisotopic (exact) mass is 401 g/mol. The van der Waals surface area contributed by atoms with E-state index in [0.717, 1.165) is 0 Å². The molecule has 0 fully saturated rings. The van der Waals surface area contributed by atoms with E-state index in [4.69, 9.17) is 0 Å². The highest BCUT2D eigenvalue weighted by molar-refractivity contribution is 7.91. The van der Waals surface area contributed by atoms with E-state index in [-0.39, 0.29) is 17.3 Å². The van der Waals surface area contributed by atoms with Gasteiger partial charge in [-0.05, 0) is 42.0 Å². The largest absolute Gasteiger partial charge is 0.411 e. The van der Waals surface area contributed by atoms with Crippen molar-refractivity contribution in [3.05, 3.63) is 59.7 Å². The lowest BCUT2D eigenvalue weighted by molar-refractivity contribution is -0.176. The van der Waals surface area contributed by atoms with Crippen molar-refractivity contribution in [1.82, 2.24) is 0 Å². The van der Waals surface area contributed by atoms with Crippen molar-refractivity contribution in [2.24, 2.45) is 0 Å². The van der Waals surface area contributed by atoms with Crippen molar-refractivity contribution in [3.8, 4) is 0 Å². The number of anilines is 1. The molecule has 0 saturated heterocycles. The van der Waals surface area contributed by atoms with Gasteiger partial charge in [0.1, 0.15) is 6.61 Å². The van der Waals surface area contributed by atoms with Gasteiger partial charge < -0.3 is 10.1 Å². The quantitative estimate of drug-likeness (QED) is 0.766. The van der Waals surface area contributed by atoms with Crippen LogP contribution in [0.3, 0.4) is 0 Å². The first kappa shape index (κ1) is 20.9. The van der Waals surface area contributed by atoms with Crippen molar-refractivity contribution in [2.75, 3.05) is 17.7 Å². The zero-order valence-electron chi connectivity index (χ0n) is 14.4. The first-order valence-corrected chi connectivity index (χ1v) is 9.63. The lowest BCUT2D eigenvalue weighted by atomic mass is 10.1. The van der Waals surface area contributed by atoms with Gasteiger partial charge in [0, 0.05) is 11.3 Å².